The number of hydrogen-bond donors (Lipinski definition) is 0. The molecule has 0 aliphatic rings. The molecule has 17 heavy (non-hydrogen) atoms. The van der Waals surface area contributed by atoms with Gasteiger partial charge in [0.1, 0.15) is 5.52 Å². The van der Waals surface area contributed by atoms with Crippen LogP contribution >= 0.6 is 38.5 Å². The molecule has 3 nitrogen and oxygen atoms in total. The summed E-state index contributed by atoms with van der Waals surface area (Å²) in [5.41, 5.74) is 2.92. The van der Waals surface area contributed by atoms with E-state index in [0.29, 0.717) is 0 Å². The molecule has 3 rings (SSSR count). The monoisotopic (exact) mass is 399 g/mol. The smallest absolute Gasteiger partial charge is 0.113 e. The normalized spacial score (nSPS) is 10.9. The lowest BCUT2D eigenvalue weighted by Crippen LogP contribution is -1.96. The summed E-state index contributed by atoms with van der Waals surface area (Å²) in [5.74, 6) is 0. The molecule has 0 aliphatic heterocycles. The first-order valence-electron chi connectivity index (χ1n) is 5.01. The van der Waals surface area contributed by atoms with E-state index < -0.39 is 0 Å². The van der Waals surface area contributed by atoms with Crippen molar-refractivity contribution in [2.45, 2.75) is 0 Å². The lowest BCUT2D eigenvalue weighted by Gasteiger charge is -2.03. The molecule has 3 aromatic rings. The third kappa shape index (κ3) is 1.97. The molecule has 0 saturated heterocycles. The quantitative estimate of drug-likeness (QED) is 0.583. The van der Waals surface area contributed by atoms with Crippen molar-refractivity contribution in [1.82, 2.24) is 15.0 Å². The van der Waals surface area contributed by atoms with Crippen LogP contribution in [0.4, 0.5) is 0 Å². The Morgan fingerprint density at radius 2 is 1.94 bits per heavy atom. The van der Waals surface area contributed by atoms with Gasteiger partial charge in [-0.15, -0.1) is 5.10 Å². The Bertz CT molecular complexity index is 693. The summed E-state index contributed by atoms with van der Waals surface area (Å²) in [6.45, 7) is 0. The molecule has 0 fully saturated rings. The van der Waals surface area contributed by atoms with Crippen LogP contribution in [0.1, 0.15) is 0 Å². The van der Waals surface area contributed by atoms with E-state index in [9.17, 15) is 0 Å². The highest BCUT2D eigenvalue weighted by Crippen LogP contribution is 2.23. The Kier molecular flexibility index (Phi) is 2.87. The Morgan fingerprint density at radius 1 is 1.12 bits per heavy atom. The van der Waals surface area contributed by atoms with Gasteiger partial charge in [-0.05, 0) is 68.9 Å². The molecule has 5 heteroatoms. The molecule has 0 N–H and O–H groups in total. The molecule has 0 saturated carbocycles. The minimum absolute atomic E-state index is 0.905. The molecular formula is C12H7BrIN3. The van der Waals surface area contributed by atoms with Gasteiger partial charge in [0.15, 0.2) is 0 Å². The number of hydrogen-bond acceptors (Lipinski definition) is 2. The van der Waals surface area contributed by atoms with Crippen LogP contribution in [0.2, 0.25) is 0 Å². The van der Waals surface area contributed by atoms with Crippen molar-refractivity contribution < 1.29 is 0 Å². The van der Waals surface area contributed by atoms with Crippen molar-refractivity contribution in [3.8, 4) is 5.69 Å². The average Bonchev–Trinajstić information content (AvgIpc) is 2.76. The summed E-state index contributed by atoms with van der Waals surface area (Å²) in [4.78, 5) is 0. The molecule has 2 aromatic carbocycles. The molecule has 0 radical (unpaired) electrons. The van der Waals surface area contributed by atoms with Crippen LogP contribution in [0.5, 0.6) is 0 Å². The zero-order valence-electron chi connectivity index (χ0n) is 8.64. The van der Waals surface area contributed by atoms with Crippen molar-refractivity contribution in [2.24, 2.45) is 0 Å². The summed E-state index contributed by atoms with van der Waals surface area (Å²) in [6, 6.07) is 14.1. The number of aromatic nitrogens is 3. The fourth-order valence-electron chi connectivity index (χ4n) is 1.68. The van der Waals surface area contributed by atoms with E-state index in [2.05, 4.69) is 54.9 Å². The molecule has 0 unspecified atom stereocenters. The number of nitrogens with zero attached hydrogens (tertiary/aromatic N) is 3. The topological polar surface area (TPSA) is 30.7 Å². The van der Waals surface area contributed by atoms with Gasteiger partial charge in [-0.25, -0.2) is 4.68 Å². The van der Waals surface area contributed by atoms with Gasteiger partial charge in [0.05, 0.1) is 11.2 Å². The number of rotatable bonds is 1. The predicted molar refractivity (Wildman–Crippen MR) is 79.3 cm³/mol. The lowest BCUT2D eigenvalue weighted by molar-refractivity contribution is 0.823. The van der Waals surface area contributed by atoms with Crippen molar-refractivity contribution in [2.75, 3.05) is 0 Å². The number of fused-ring (bicyclic) bond motifs is 1. The molecule has 0 aliphatic carbocycles. The maximum atomic E-state index is 4.18. The van der Waals surface area contributed by atoms with Gasteiger partial charge in [-0.3, -0.25) is 0 Å². The average molecular weight is 400 g/mol. The van der Waals surface area contributed by atoms with Crippen molar-refractivity contribution in [3.63, 3.8) is 0 Å². The third-order valence-electron chi connectivity index (χ3n) is 2.50. The Hall–Kier alpha value is -0.950. The van der Waals surface area contributed by atoms with Crippen LogP contribution in [0.3, 0.4) is 0 Å². The molecular weight excluding hydrogens is 393 g/mol. The Morgan fingerprint density at radius 3 is 2.76 bits per heavy atom. The zero-order valence-corrected chi connectivity index (χ0v) is 12.4. The second-order valence-electron chi connectivity index (χ2n) is 3.59. The second-order valence-corrected chi connectivity index (χ2v) is 5.60. The van der Waals surface area contributed by atoms with Crippen LogP contribution < -0.4 is 0 Å². The van der Waals surface area contributed by atoms with E-state index in [1.54, 1.807) is 0 Å². The van der Waals surface area contributed by atoms with Crippen LogP contribution in [0.25, 0.3) is 16.7 Å². The first-order valence-corrected chi connectivity index (χ1v) is 6.89. The standard InChI is InChI=1S/C12H7BrIN3/c13-9-7-8(5-6-10(9)14)17-12-4-2-1-3-11(12)15-16-17/h1-7H. The van der Waals surface area contributed by atoms with Crippen molar-refractivity contribution in [3.05, 3.63) is 50.5 Å². The maximum absolute atomic E-state index is 4.18. The molecule has 84 valence electrons. The third-order valence-corrected chi connectivity index (χ3v) is 4.84. The van der Waals surface area contributed by atoms with E-state index in [0.717, 1.165) is 21.2 Å². The van der Waals surface area contributed by atoms with Gasteiger partial charge in [-0.2, -0.15) is 0 Å². The number of benzene rings is 2. The van der Waals surface area contributed by atoms with Gasteiger partial charge in [0.2, 0.25) is 0 Å². The molecule has 0 atom stereocenters. The number of halogens is 2. The highest BCUT2D eigenvalue weighted by atomic mass is 127. The summed E-state index contributed by atoms with van der Waals surface area (Å²) in [5, 5.41) is 8.32. The van der Waals surface area contributed by atoms with E-state index in [1.165, 1.54) is 3.57 Å². The second kappa shape index (κ2) is 4.38. The molecule has 0 bridgehead atoms. The predicted octanol–water partition coefficient (Wildman–Crippen LogP) is 3.79. The van der Waals surface area contributed by atoms with Gasteiger partial charge >= 0.3 is 0 Å². The zero-order chi connectivity index (χ0) is 11.8. The summed E-state index contributed by atoms with van der Waals surface area (Å²) < 4.78 is 4.09. The summed E-state index contributed by atoms with van der Waals surface area (Å²) >= 11 is 5.81. The number of para-hydroxylation sites is 1. The fourth-order valence-corrected chi connectivity index (χ4v) is 2.38. The first kappa shape index (κ1) is 11.2. The Labute approximate surface area is 120 Å². The van der Waals surface area contributed by atoms with Gasteiger partial charge < -0.3 is 0 Å². The van der Waals surface area contributed by atoms with Crippen LogP contribution in [0, 0.1) is 3.57 Å². The van der Waals surface area contributed by atoms with E-state index in [4.69, 9.17) is 0 Å². The SMILES string of the molecule is Brc1cc(-n2nnc3ccccc32)ccc1I. The fraction of sp³-hybridized carbons (Fsp3) is 0. The maximum Gasteiger partial charge on any atom is 0.113 e. The molecule has 0 spiro atoms. The van der Waals surface area contributed by atoms with Gasteiger partial charge in [0.25, 0.3) is 0 Å². The van der Waals surface area contributed by atoms with Crippen LogP contribution in [0.15, 0.2) is 46.9 Å². The van der Waals surface area contributed by atoms with E-state index in [-0.39, 0.29) is 0 Å². The molecule has 1 heterocycles. The van der Waals surface area contributed by atoms with E-state index in [1.807, 2.05) is 41.1 Å². The van der Waals surface area contributed by atoms with Crippen molar-refractivity contribution in [1.29, 1.82) is 0 Å². The largest absolute Gasteiger partial charge is 0.213 e. The molecule has 1 aromatic heterocycles. The van der Waals surface area contributed by atoms with Gasteiger partial charge in [0, 0.05) is 8.04 Å². The Balaban J connectivity index is 2.24. The summed E-state index contributed by atoms with van der Waals surface area (Å²) in [7, 11) is 0. The van der Waals surface area contributed by atoms with Crippen LogP contribution in [-0.2, 0) is 0 Å². The van der Waals surface area contributed by atoms with E-state index >= 15 is 0 Å². The summed E-state index contributed by atoms with van der Waals surface area (Å²) in [6.07, 6.45) is 0. The van der Waals surface area contributed by atoms with Crippen LogP contribution in [-0.4, -0.2) is 15.0 Å². The lowest BCUT2D eigenvalue weighted by atomic mass is 10.3. The van der Waals surface area contributed by atoms with Gasteiger partial charge in [-0.1, -0.05) is 17.3 Å². The minimum Gasteiger partial charge on any atom is -0.213 e. The minimum atomic E-state index is 0.905. The van der Waals surface area contributed by atoms with Crippen molar-refractivity contribution >= 4 is 49.6 Å². The first-order chi connectivity index (χ1) is 8.25. The highest BCUT2D eigenvalue weighted by molar-refractivity contribution is 14.1. The molecule has 0 amide bonds. The highest BCUT2D eigenvalue weighted by Gasteiger charge is 2.06.